The Hall–Kier alpha value is -1.74. The van der Waals surface area contributed by atoms with Gasteiger partial charge in [0.25, 0.3) is 0 Å². The number of hydrogen-bond donors (Lipinski definition) is 1. The fraction of sp³-hybridized carbons (Fsp3) is 0.375. The molecule has 1 aromatic heterocycles. The first-order valence-corrected chi connectivity index (χ1v) is 6.88. The van der Waals surface area contributed by atoms with Gasteiger partial charge in [0, 0.05) is 12.7 Å². The van der Waals surface area contributed by atoms with Gasteiger partial charge >= 0.3 is 0 Å². The van der Waals surface area contributed by atoms with Crippen LogP contribution < -0.4 is 5.32 Å². The highest BCUT2D eigenvalue weighted by Gasteiger charge is 2.42. The lowest BCUT2D eigenvalue weighted by molar-refractivity contribution is 0.284. The van der Waals surface area contributed by atoms with E-state index in [1.807, 2.05) is 19.3 Å². The highest BCUT2D eigenvalue weighted by atomic mass is 14.9. The zero-order chi connectivity index (χ0) is 13.1. The van der Waals surface area contributed by atoms with E-state index in [-0.39, 0.29) is 5.41 Å². The molecule has 1 heterocycles. The molecule has 19 heavy (non-hydrogen) atoms. The van der Waals surface area contributed by atoms with Crippen LogP contribution in [-0.2, 0) is 12.0 Å². The molecule has 0 aliphatic heterocycles. The maximum absolute atomic E-state index is 4.76. The molecule has 0 unspecified atom stereocenters. The summed E-state index contributed by atoms with van der Waals surface area (Å²) in [5, 5.41) is 3.15. The summed E-state index contributed by atoms with van der Waals surface area (Å²) in [6.07, 6.45) is 5.45. The Bertz CT molecular complexity index is 547. The summed E-state index contributed by atoms with van der Waals surface area (Å²) in [5.41, 5.74) is 2.46. The number of aromatic nitrogens is 2. The monoisotopic (exact) mass is 253 g/mol. The fourth-order valence-electron chi connectivity index (χ4n) is 2.84. The Morgan fingerprint density at radius 2 is 1.95 bits per heavy atom. The number of nitrogens with zero attached hydrogens (tertiary/aromatic N) is 2. The highest BCUT2D eigenvalue weighted by molar-refractivity contribution is 5.35. The first-order valence-electron chi connectivity index (χ1n) is 6.88. The topological polar surface area (TPSA) is 37.8 Å². The molecule has 1 saturated carbocycles. The summed E-state index contributed by atoms with van der Waals surface area (Å²) in [7, 11) is 1.94. The van der Waals surface area contributed by atoms with Crippen molar-refractivity contribution in [2.75, 3.05) is 7.05 Å². The SMILES string of the molecule is CNCc1ccnc(C2(c3ccccc3)CCC2)n1. The molecule has 1 fully saturated rings. The lowest BCUT2D eigenvalue weighted by Gasteiger charge is -2.41. The van der Waals surface area contributed by atoms with E-state index >= 15 is 0 Å². The van der Waals surface area contributed by atoms with Gasteiger partial charge < -0.3 is 5.32 Å². The van der Waals surface area contributed by atoms with Crippen molar-refractivity contribution in [2.45, 2.75) is 31.2 Å². The van der Waals surface area contributed by atoms with Crippen LogP contribution in [0.3, 0.4) is 0 Å². The quantitative estimate of drug-likeness (QED) is 0.910. The number of hydrogen-bond acceptors (Lipinski definition) is 3. The van der Waals surface area contributed by atoms with Crippen LogP contribution in [0.5, 0.6) is 0 Å². The summed E-state index contributed by atoms with van der Waals surface area (Å²) in [4.78, 5) is 9.31. The standard InChI is InChI=1S/C16H19N3/c1-17-12-14-8-11-18-15(19-14)16(9-5-10-16)13-6-3-2-4-7-13/h2-4,6-8,11,17H,5,9-10,12H2,1H3. The van der Waals surface area contributed by atoms with Crippen molar-refractivity contribution < 1.29 is 0 Å². The van der Waals surface area contributed by atoms with Crippen molar-refractivity contribution in [3.05, 3.63) is 59.7 Å². The summed E-state index contributed by atoms with van der Waals surface area (Å²) in [6, 6.07) is 12.7. The van der Waals surface area contributed by atoms with E-state index in [1.165, 1.54) is 12.0 Å². The van der Waals surface area contributed by atoms with E-state index in [4.69, 9.17) is 4.98 Å². The van der Waals surface area contributed by atoms with Gasteiger partial charge in [0.2, 0.25) is 0 Å². The van der Waals surface area contributed by atoms with Crippen LogP contribution in [-0.4, -0.2) is 17.0 Å². The minimum absolute atomic E-state index is 0.0466. The van der Waals surface area contributed by atoms with E-state index in [9.17, 15) is 0 Å². The van der Waals surface area contributed by atoms with E-state index in [2.05, 4.69) is 40.6 Å². The van der Waals surface area contributed by atoms with Gasteiger partial charge in [-0.3, -0.25) is 0 Å². The Morgan fingerprint density at radius 3 is 2.58 bits per heavy atom. The molecule has 0 saturated heterocycles. The number of nitrogens with one attached hydrogen (secondary N) is 1. The molecular formula is C16H19N3. The predicted molar refractivity (Wildman–Crippen MR) is 75.9 cm³/mol. The predicted octanol–water partition coefficient (Wildman–Crippen LogP) is 2.67. The molecule has 98 valence electrons. The van der Waals surface area contributed by atoms with Crippen LogP contribution in [0.25, 0.3) is 0 Å². The van der Waals surface area contributed by atoms with Gasteiger partial charge in [-0.1, -0.05) is 36.8 Å². The molecule has 1 aliphatic carbocycles. The lowest BCUT2D eigenvalue weighted by Crippen LogP contribution is -2.37. The van der Waals surface area contributed by atoms with Gasteiger partial charge in [0.05, 0.1) is 11.1 Å². The van der Waals surface area contributed by atoms with Crippen molar-refractivity contribution in [1.82, 2.24) is 15.3 Å². The summed E-state index contributed by atoms with van der Waals surface area (Å²) < 4.78 is 0. The molecule has 3 rings (SSSR count). The third-order valence-corrected chi connectivity index (χ3v) is 4.03. The van der Waals surface area contributed by atoms with E-state index < -0.39 is 0 Å². The van der Waals surface area contributed by atoms with Crippen LogP contribution >= 0.6 is 0 Å². The second-order valence-corrected chi connectivity index (χ2v) is 5.20. The zero-order valence-electron chi connectivity index (χ0n) is 11.3. The minimum Gasteiger partial charge on any atom is -0.314 e. The smallest absolute Gasteiger partial charge is 0.139 e. The van der Waals surface area contributed by atoms with E-state index in [0.29, 0.717) is 0 Å². The second kappa shape index (κ2) is 5.10. The Balaban J connectivity index is 2.00. The highest BCUT2D eigenvalue weighted by Crippen LogP contribution is 2.47. The summed E-state index contributed by atoms with van der Waals surface area (Å²) in [6.45, 7) is 0.792. The summed E-state index contributed by atoms with van der Waals surface area (Å²) >= 11 is 0. The van der Waals surface area contributed by atoms with Crippen LogP contribution in [0.2, 0.25) is 0 Å². The third kappa shape index (κ3) is 2.15. The van der Waals surface area contributed by atoms with Gasteiger partial charge in [0.15, 0.2) is 0 Å². The molecule has 0 bridgehead atoms. The van der Waals surface area contributed by atoms with Crippen molar-refractivity contribution in [2.24, 2.45) is 0 Å². The average molecular weight is 253 g/mol. The molecule has 2 aromatic rings. The number of rotatable bonds is 4. The molecule has 0 radical (unpaired) electrons. The third-order valence-electron chi connectivity index (χ3n) is 4.03. The molecule has 1 aliphatic rings. The van der Waals surface area contributed by atoms with Crippen LogP contribution in [0, 0.1) is 0 Å². The lowest BCUT2D eigenvalue weighted by atomic mass is 9.64. The largest absolute Gasteiger partial charge is 0.314 e. The van der Waals surface area contributed by atoms with Crippen LogP contribution in [0.15, 0.2) is 42.6 Å². The molecule has 0 amide bonds. The second-order valence-electron chi connectivity index (χ2n) is 5.20. The Labute approximate surface area is 114 Å². The average Bonchev–Trinajstić information content (AvgIpc) is 2.40. The van der Waals surface area contributed by atoms with Gasteiger partial charge in [-0.15, -0.1) is 0 Å². The first kappa shape index (κ1) is 12.3. The van der Waals surface area contributed by atoms with Crippen molar-refractivity contribution >= 4 is 0 Å². The van der Waals surface area contributed by atoms with Gasteiger partial charge in [0.1, 0.15) is 5.82 Å². The fourth-order valence-corrected chi connectivity index (χ4v) is 2.84. The van der Waals surface area contributed by atoms with E-state index in [0.717, 1.165) is 30.9 Å². The molecule has 1 N–H and O–H groups in total. The molecule has 0 spiro atoms. The maximum Gasteiger partial charge on any atom is 0.139 e. The number of benzene rings is 1. The minimum atomic E-state index is 0.0466. The molecule has 3 heteroatoms. The van der Waals surface area contributed by atoms with Crippen molar-refractivity contribution in [3.8, 4) is 0 Å². The zero-order valence-corrected chi connectivity index (χ0v) is 11.3. The van der Waals surface area contributed by atoms with Gasteiger partial charge in [-0.2, -0.15) is 0 Å². The first-order chi connectivity index (χ1) is 9.35. The molecule has 1 aromatic carbocycles. The van der Waals surface area contributed by atoms with E-state index in [1.54, 1.807) is 0 Å². The summed E-state index contributed by atoms with van der Waals surface area (Å²) in [5.74, 6) is 0.984. The maximum atomic E-state index is 4.76. The Kier molecular flexibility index (Phi) is 3.30. The van der Waals surface area contributed by atoms with Crippen molar-refractivity contribution in [3.63, 3.8) is 0 Å². The van der Waals surface area contributed by atoms with Gasteiger partial charge in [-0.25, -0.2) is 9.97 Å². The van der Waals surface area contributed by atoms with Crippen LogP contribution in [0.1, 0.15) is 36.3 Å². The Morgan fingerprint density at radius 1 is 1.16 bits per heavy atom. The molecule has 0 atom stereocenters. The normalized spacial score (nSPS) is 16.9. The molecule has 3 nitrogen and oxygen atoms in total. The van der Waals surface area contributed by atoms with Crippen molar-refractivity contribution in [1.29, 1.82) is 0 Å². The van der Waals surface area contributed by atoms with Crippen LogP contribution in [0.4, 0.5) is 0 Å². The molecular weight excluding hydrogens is 234 g/mol. The van der Waals surface area contributed by atoms with Gasteiger partial charge in [-0.05, 0) is 31.5 Å².